The summed E-state index contributed by atoms with van der Waals surface area (Å²) in [6.45, 7) is 6.84. The number of nitrogens with one attached hydrogen (secondary N) is 2. The van der Waals surface area contributed by atoms with Crippen molar-refractivity contribution in [3.63, 3.8) is 0 Å². The monoisotopic (exact) mass is 369 g/mol. The highest BCUT2D eigenvalue weighted by Gasteiger charge is 2.32. The molecular formula is C17H27N3O4S. The van der Waals surface area contributed by atoms with Gasteiger partial charge in [0.1, 0.15) is 0 Å². The highest BCUT2D eigenvalue weighted by atomic mass is 32.2. The van der Waals surface area contributed by atoms with E-state index in [1.807, 2.05) is 27.8 Å². The number of carbonyl (C=O) groups is 1. The van der Waals surface area contributed by atoms with E-state index in [2.05, 4.69) is 10.6 Å². The van der Waals surface area contributed by atoms with Crippen LogP contribution >= 0.6 is 0 Å². The lowest BCUT2D eigenvalue weighted by molar-refractivity contribution is -0.0440. The number of carbonyl (C=O) groups excluding carboxylic acids is 1. The normalized spacial score (nSPS) is 23.2. The van der Waals surface area contributed by atoms with Crippen LogP contribution in [0.2, 0.25) is 0 Å². The van der Waals surface area contributed by atoms with Gasteiger partial charge < -0.3 is 15.4 Å². The fourth-order valence-electron chi connectivity index (χ4n) is 2.70. The lowest BCUT2D eigenvalue weighted by Gasteiger charge is -2.34. The Balaban J connectivity index is 2.09. The largest absolute Gasteiger partial charge is 0.373 e. The van der Waals surface area contributed by atoms with E-state index in [1.54, 1.807) is 12.1 Å². The Kier molecular flexibility index (Phi) is 6.56. The van der Waals surface area contributed by atoms with Crippen molar-refractivity contribution in [3.8, 4) is 0 Å². The zero-order valence-electron chi connectivity index (χ0n) is 15.2. The molecule has 0 aromatic heterocycles. The lowest BCUT2D eigenvalue weighted by atomic mass is 10.2. The van der Waals surface area contributed by atoms with Crippen LogP contribution in [0.15, 0.2) is 29.2 Å². The molecule has 1 aliphatic rings. The molecule has 1 heterocycles. The van der Waals surface area contributed by atoms with Crippen LogP contribution in [0, 0.1) is 0 Å². The summed E-state index contributed by atoms with van der Waals surface area (Å²) in [4.78, 5) is 12.3. The summed E-state index contributed by atoms with van der Waals surface area (Å²) in [6, 6.07) is 6.21. The number of nitrogens with zero attached hydrogens (tertiary/aromatic N) is 1. The summed E-state index contributed by atoms with van der Waals surface area (Å²) in [6.07, 6.45) is -0.282. The van der Waals surface area contributed by atoms with Crippen molar-refractivity contribution < 1.29 is 17.9 Å². The first kappa shape index (κ1) is 19.8. The second-order valence-electron chi connectivity index (χ2n) is 6.50. The van der Waals surface area contributed by atoms with E-state index >= 15 is 0 Å². The zero-order chi connectivity index (χ0) is 18.6. The molecule has 1 aromatic rings. The summed E-state index contributed by atoms with van der Waals surface area (Å²) in [7, 11) is -1.77. The summed E-state index contributed by atoms with van der Waals surface area (Å²) >= 11 is 0. The molecule has 2 rings (SSSR count). The number of morpholine rings is 1. The zero-order valence-corrected chi connectivity index (χ0v) is 16.0. The Labute approximate surface area is 149 Å². The predicted octanol–water partition coefficient (Wildman–Crippen LogP) is 0.822. The van der Waals surface area contributed by atoms with Crippen molar-refractivity contribution >= 4 is 15.9 Å². The van der Waals surface area contributed by atoms with Gasteiger partial charge in [0.05, 0.1) is 17.1 Å². The van der Waals surface area contributed by atoms with Crippen LogP contribution < -0.4 is 10.6 Å². The molecule has 0 spiro atoms. The highest BCUT2D eigenvalue weighted by Crippen LogP contribution is 2.21. The molecule has 1 aliphatic heterocycles. The number of sulfonamides is 1. The van der Waals surface area contributed by atoms with Crippen LogP contribution in [0.1, 0.15) is 31.1 Å². The minimum absolute atomic E-state index is 0.141. The fraction of sp³-hybridized carbons (Fsp3) is 0.588. The molecule has 7 nitrogen and oxygen atoms in total. The molecule has 1 amide bonds. The topological polar surface area (TPSA) is 87.7 Å². The van der Waals surface area contributed by atoms with Gasteiger partial charge in [-0.05, 0) is 52.1 Å². The van der Waals surface area contributed by atoms with Crippen molar-refractivity contribution in [2.24, 2.45) is 0 Å². The molecule has 2 N–H and O–H groups in total. The number of likely N-dealkylation sites (N-methyl/N-ethyl adjacent to an activating group) is 1. The molecule has 0 aliphatic carbocycles. The third-order valence-electron chi connectivity index (χ3n) is 4.20. The predicted molar refractivity (Wildman–Crippen MR) is 96.1 cm³/mol. The van der Waals surface area contributed by atoms with Crippen LogP contribution in [0.25, 0.3) is 0 Å². The minimum Gasteiger partial charge on any atom is -0.373 e. The highest BCUT2D eigenvalue weighted by molar-refractivity contribution is 7.89. The molecule has 1 aromatic carbocycles. The maximum Gasteiger partial charge on any atom is 0.251 e. The maximum atomic E-state index is 12.8. The molecule has 25 heavy (non-hydrogen) atoms. The first-order chi connectivity index (χ1) is 11.7. The molecule has 1 fully saturated rings. The first-order valence-electron chi connectivity index (χ1n) is 8.45. The molecule has 0 radical (unpaired) electrons. The van der Waals surface area contributed by atoms with Gasteiger partial charge in [-0.15, -0.1) is 0 Å². The average Bonchev–Trinajstić information content (AvgIpc) is 2.58. The first-order valence-corrected chi connectivity index (χ1v) is 9.89. The van der Waals surface area contributed by atoms with Gasteiger partial charge in [0.25, 0.3) is 5.91 Å². The standard InChI is InChI=1S/C17H27N3O4S/c1-12(18-4)9-19-17(21)15-5-7-16(8-6-15)25(22,23)20-10-13(2)24-14(3)11-20/h5-8,12-14,18H,9-11H2,1-4H3,(H,19,21). The number of hydrogen-bond donors (Lipinski definition) is 2. The SMILES string of the molecule is CNC(C)CNC(=O)c1ccc(S(=O)(=O)N2CC(C)OC(C)C2)cc1. The van der Waals surface area contributed by atoms with Crippen LogP contribution in [0.5, 0.6) is 0 Å². The Morgan fingerprint density at radius 2 is 1.80 bits per heavy atom. The quantitative estimate of drug-likeness (QED) is 0.775. The second kappa shape index (κ2) is 8.27. The molecule has 3 unspecified atom stereocenters. The van der Waals surface area contributed by atoms with Gasteiger partial charge in [0, 0.05) is 31.2 Å². The Hall–Kier alpha value is -1.48. The van der Waals surface area contributed by atoms with Gasteiger partial charge >= 0.3 is 0 Å². The number of amides is 1. The van der Waals surface area contributed by atoms with E-state index in [0.717, 1.165) is 0 Å². The van der Waals surface area contributed by atoms with E-state index in [9.17, 15) is 13.2 Å². The molecule has 140 valence electrons. The van der Waals surface area contributed by atoms with Crippen LogP contribution in [0.4, 0.5) is 0 Å². The van der Waals surface area contributed by atoms with E-state index < -0.39 is 10.0 Å². The summed E-state index contributed by atoms with van der Waals surface area (Å²) in [5.41, 5.74) is 0.436. The van der Waals surface area contributed by atoms with Crippen molar-refractivity contribution in [3.05, 3.63) is 29.8 Å². The van der Waals surface area contributed by atoms with E-state index in [1.165, 1.54) is 16.4 Å². The van der Waals surface area contributed by atoms with Crippen LogP contribution in [-0.2, 0) is 14.8 Å². The van der Waals surface area contributed by atoms with Gasteiger partial charge in [-0.25, -0.2) is 8.42 Å². The van der Waals surface area contributed by atoms with Gasteiger partial charge in [-0.3, -0.25) is 4.79 Å². The maximum absolute atomic E-state index is 12.8. The molecule has 0 saturated carbocycles. The van der Waals surface area contributed by atoms with Crippen molar-refractivity contribution in [1.29, 1.82) is 0 Å². The number of rotatable bonds is 6. The van der Waals surface area contributed by atoms with E-state index in [0.29, 0.717) is 25.2 Å². The van der Waals surface area contributed by atoms with Gasteiger partial charge in [-0.2, -0.15) is 4.31 Å². The lowest BCUT2D eigenvalue weighted by Crippen LogP contribution is -2.48. The third kappa shape index (κ3) is 5.01. The fourth-order valence-corrected chi connectivity index (χ4v) is 4.29. The number of hydrogen-bond acceptors (Lipinski definition) is 5. The van der Waals surface area contributed by atoms with E-state index in [4.69, 9.17) is 4.74 Å². The third-order valence-corrected chi connectivity index (χ3v) is 6.05. The van der Waals surface area contributed by atoms with Gasteiger partial charge in [0.15, 0.2) is 0 Å². The van der Waals surface area contributed by atoms with Crippen molar-refractivity contribution in [2.75, 3.05) is 26.7 Å². The number of benzene rings is 1. The van der Waals surface area contributed by atoms with Gasteiger partial charge in [-0.1, -0.05) is 0 Å². The number of ether oxygens (including phenoxy) is 1. The minimum atomic E-state index is -3.59. The van der Waals surface area contributed by atoms with Crippen molar-refractivity contribution in [1.82, 2.24) is 14.9 Å². The molecule has 1 saturated heterocycles. The molecule has 8 heteroatoms. The Morgan fingerprint density at radius 1 is 1.24 bits per heavy atom. The molecule has 0 bridgehead atoms. The van der Waals surface area contributed by atoms with Crippen molar-refractivity contribution in [2.45, 2.75) is 43.9 Å². The summed E-state index contributed by atoms with van der Waals surface area (Å²) < 4.78 is 32.6. The molecular weight excluding hydrogens is 342 g/mol. The van der Waals surface area contributed by atoms with Crippen LogP contribution in [0.3, 0.4) is 0 Å². The summed E-state index contributed by atoms with van der Waals surface area (Å²) in [5.74, 6) is -0.223. The Morgan fingerprint density at radius 3 is 2.32 bits per heavy atom. The smallest absolute Gasteiger partial charge is 0.251 e. The average molecular weight is 369 g/mol. The summed E-state index contributed by atoms with van der Waals surface area (Å²) in [5, 5.41) is 5.84. The Bertz CT molecular complexity index is 680. The van der Waals surface area contributed by atoms with Gasteiger partial charge in [0.2, 0.25) is 10.0 Å². The molecule has 3 atom stereocenters. The van der Waals surface area contributed by atoms with E-state index in [-0.39, 0.29) is 29.1 Å². The second-order valence-corrected chi connectivity index (χ2v) is 8.44. The van der Waals surface area contributed by atoms with Crippen LogP contribution in [-0.4, -0.2) is 63.6 Å².